The van der Waals surface area contributed by atoms with Crippen LogP contribution in [0.25, 0.3) is 0 Å². The van der Waals surface area contributed by atoms with Crippen LogP contribution in [0, 0.1) is 0 Å². The SMILES string of the molecule is O=C(c1cccc(Cl)c1)c1cscn1. The van der Waals surface area contributed by atoms with E-state index in [1.165, 1.54) is 11.3 Å². The van der Waals surface area contributed by atoms with Crippen LogP contribution in [0.2, 0.25) is 5.02 Å². The maximum absolute atomic E-state index is 11.7. The lowest BCUT2D eigenvalue weighted by atomic mass is 10.1. The van der Waals surface area contributed by atoms with E-state index in [4.69, 9.17) is 11.6 Å². The quantitative estimate of drug-likeness (QED) is 0.733. The van der Waals surface area contributed by atoms with Gasteiger partial charge in [-0.2, -0.15) is 0 Å². The molecule has 0 radical (unpaired) electrons. The Kier molecular flexibility index (Phi) is 2.61. The second-order valence-electron chi connectivity index (χ2n) is 2.71. The van der Waals surface area contributed by atoms with E-state index in [1.54, 1.807) is 35.2 Å². The first-order chi connectivity index (χ1) is 6.77. The van der Waals surface area contributed by atoms with Crippen molar-refractivity contribution in [1.29, 1.82) is 0 Å². The number of carbonyl (C=O) groups is 1. The van der Waals surface area contributed by atoms with Gasteiger partial charge >= 0.3 is 0 Å². The van der Waals surface area contributed by atoms with Crippen LogP contribution >= 0.6 is 22.9 Å². The summed E-state index contributed by atoms with van der Waals surface area (Å²) in [4.78, 5) is 15.7. The molecule has 2 aromatic rings. The summed E-state index contributed by atoms with van der Waals surface area (Å²) in [5, 5.41) is 2.29. The zero-order chi connectivity index (χ0) is 9.97. The highest BCUT2D eigenvalue weighted by Gasteiger charge is 2.10. The smallest absolute Gasteiger partial charge is 0.212 e. The molecule has 0 saturated heterocycles. The molecule has 0 fully saturated rings. The maximum atomic E-state index is 11.7. The van der Waals surface area contributed by atoms with E-state index < -0.39 is 0 Å². The Balaban J connectivity index is 2.37. The number of hydrogen-bond acceptors (Lipinski definition) is 3. The number of benzene rings is 1. The number of nitrogens with zero attached hydrogens (tertiary/aromatic N) is 1. The summed E-state index contributed by atoms with van der Waals surface area (Å²) in [6.07, 6.45) is 0. The Morgan fingerprint density at radius 2 is 2.29 bits per heavy atom. The molecule has 0 spiro atoms. The van der Waals surface area contributed by atoms with Crippen molar-refractivity contribution in [2.24, 2.45) is 0 Å². The second-order valence-corrected chi connectivity index (χ2v) is 3.87. The summed E-state index contributed by atoms with van der Waals surface area (Å²) in [6, 6.07) is 6.86. The number of thiazole rings is 1. The van der Waals surface area contributed by atoms with Gasteiger partial charge in [0.1, 0.15) is 5.69 Å². The summed E-state index contributed by atoms with van der Waals surface area (Å²) in [5.41, 5.74) is 2.68. The number of halogens is 1. The summed E-state index contributed by atoms with van der Waals surface area (Å²) >= 11 is 7.18. The third-order valence-electron chi connectivity index (χ3n) is 1.75. The molecule has 0 bridgehead atoms. The molecule has 1 aromatic heterocycles. The molecule has 14 heavy (non-hydrogen) atoms. The van der Waals surface area contributed by atoms with E-state index in [2.05, 4.69) is 4.98 Å². The van der Waals surface area contributed by atoms with Crippen molar-refractivity contribution in [1.82, 2.24) is 4.98 Å². The third kappa shape index (κ3) is 1.84. The normalized spacial score (nSPS) is 10.1. The lowest BCUT2D eigenvalue weighted by Crippen LogP contribution is -2.00. The van der Waals surface area contributed by atoms with Crippen LogP contribution < -0.4 is 0 Å². The van der Waals surface area contributed by atoms with Gasteiger partial charge in [0.2, 0.25) is 5.78 Å². The van der Waals surface area contributed by atoms with Crippen LogP contribution in [0.15, 0.2) is 35.2 Å². The molecule has 2 nitrogen and oxygen atoms in total. The van der Waals surface area contributed by atoms with E-state index in [-0.39, 0.29) is 5.78 Å². The molecule has 4 heteroatoms. The Morgan fingerprint density at radius 1 is 1.43 bits per heavy atom. The second kappa shape index (κ2) is 3.90. The molecular weight excluding hydrogens is 218 g/mol. The highest BCUT2D eigenvalue weighted by Crippen LogP contribution is 2.14. The lowest BCUT2D eigenvalue weighted by Gasteiger charge is -1.97. The highest BCUT2D eigenvalue weighted by atomic mass is 35.5. The van der Waals surface area contributed by atoms with E-state index >= 15 is 0 Å². The third-order valence-corrected chi connectivity index (χ3v) is 2.57. The number of hydrogen-bond donors (Lipinski definition) is 0. The van der Waals surface area contributed by atoms with Gasteiger partial charge in [-0.25, -0.2) is 4.98 Å². The van der Waals surface area contributed by atoms with Gasteiger partial charge < -0.3 is 0 Å². The summed E-state index contributed by atoms with van der Waals surface area (Å²) in [6.45, 7) is 0. The van der Waals surface area contributed by atoms with Crippen molar-refractivity contribution in [3.05, 3.63) is 51.4 Å². The number of ketones is 1. The molecule has 0 atom stereocenters. The van der Waals surface area contributed by atoms with E-state index in [0.717, 1.165) is 0 Å². The molecule has 0 N–H and O–H groups in total. The number of rotatable bonds is 2. The first kappa shape index (κ1) is 9.37. The maximum Gasteiger partial charge on any atom is 0.212 e. The minimum Gasteiger partial charge on any atom is -0.287 e. The number of carbonyl (C=O) groups excluding carboxylic acids is 1. The zero-order valence-electron chi connectivity index (χ0n) is 7.11. The lowest BCUT2D eigenvalue weighted by molar-refractivity contribution is 0.103. The first-order valence-corrected chi connectivity index (χ1v) is 5.28. The topological polar surface area (TPSA) is 30.0 Å². The van der Waals surface area contributed by atoms with Crippen molar-refractivity contribution in [3.63, 3.8) is 0 Å². The highest BCUT2D eigenvalue weighted by molar-refractivity contribution is 7.07. The Morgan fingerprint density at radius 3 is 2.93 bits per heavy atom. The Hall–Kier alpha value is -1.19. The molecular formula is C10H6ClNOS. The summed E-state index contributed by atoms with van der Waals surface area (Å²) in [7, 11) is 0. The van der Waals surface area contributed by atoms with Crippen LogP contribution in [0.3, 0.4) is 0 Å². The van der Waals surface area contributed by atoms with Crippen molar-refractivity contribution >= 4 is 28.7 Å². The van der Waals surface area contributed by atoms with Gasteiger partial charge in [-0.3, -0.25) is 4.79 Å². The average molecular weight is 224 g/mol. The van der Waals surface area contributed by atoms with Crippen molar-refractivity contribution in [3.8, 4) is 0 Å². The number of aromatic nitrogens is 1. The van der Waals surface area contributed by atoms with Gasteiger partial charge in [-0.1, -0.05) is 23.7 Å². The standard InChI is InChI=1S/C10H6ClNOS/c11-8-3-1-2-7(4-8)10(13)9-5-14-6-12-9/h1-6H. The fourth-order valence-electron chi connectivity index (χ4n) is 1.10. The molecule has 0 unspecified atom stereocenters. The van der Waals surface area contributed by atoms with Gasteiger partial charge in [-0.15, -0.1) is 11.3 Å². The zero-order valence-corrected chi connectivity index (χ0v) is 8.68. The molecule has 0 aliphatic rings. The molecule has 0 saturated carbocycles. The molecule has 0 amide bonds. The molecule has 0 aliphatic heterocycles. The predicted octanol–water partition coefficient (Wildman–Crippen LogP) is 3.03. The minimum absolute atomic E-state index is 0.0891. The molecule has 1 aromatic carbocycles. The Labute approximate surface area is 90.2 Å². The fourth-order valence-corrected chi connectivity index (χ4v) is 1.82. The van der Waals surface area contributed by atoms with E-state index in [9.17, 15) is 4.79 Å². The van der Waals surface area contributed by atoms with Gasteiger partial charge in [-0.05, 0) is 12.1 Å². The van der Waals surface area contributed by atoms with Crippen molar-refractivity contribution in [2.75, 3.05) is 0 Å². The van der Waals surface area contributed by atoms with Crippen LogP contribution in [0.1, 0.15) is 16.1 Å². The van der Waals surface area contributed by atoms with Crippen molar-refractivity contribution in [2.45, 2.75) is 0 Å². The monoisotopic (exact) mass is 223 g/mol. The van der Waals surface area contributed by atoms with E-state index in [1.807, 2.05) is 0 Å². The molecule has 2 rings (SSSR count). The van der Waals surface area contributed by atoms with Crippen LogP contribution in [-0.2, 0) is 0 Å². The first-order valence-electron chi connectivity index (χ1n) is 3.96. The predicted molar refractivity (Wildman–Crippen MR) is 57.0 cm³/mol. The largest absolute Gasteiger partial charge is 0.287 e. The van der Waals surface area contributed by atoms with Crippen molar-refractivity contribution < 1.29 is 4.79 Å². The fraction of sp³-hybridized carbons (Fsp3) is 0. The Bertz CT molecular complexity index is 453. The minimum atomic E-state index is -0.0891. The van der Waals surface area contributed by atoms with Crippen LogP contribution in [-0.4, -0.2) is 10.8 Å². The van der Waals surface area contributed by atoms with Crippen LogP contribution in [0.4, 0.5) is 0 Å². The average Bonchev–Trinajstić information content (AvgIpc) is 2.69. The van der Waals surface area contributed by atoms with Gasteiger partial charge in [0.25, 0.3) is 0 Å². The molecule has 0 aliphatic carbocycles. The molecule has 1 heterocycles. The van der Waals surface area contributed by atoms with Crippen LogP contribution in [0.5, 0.6) is 0 Å². The van der Waals surface area contributed by atoms with Gasteiger partial charge in [0, 0.05) is 16.0 Å². The summed E-state index contributed by atoms with van der Waals surface area (Å²) < 4.78 is 0. The van der Waals surface area contributed by atoms with Gasteiger partial charge in [0.15, 0.2) is 0 Å². The summed E-state index contributed by atoms with van der Waals surface area (Å²) in [5.74, 6) is -0.0891. The molecule has 70 valence electrons. The van der Waals surface area contributed by atoms with Gasteiger partial charge in [0.05, 0.1) is 5.51 Å². The van der Waals surface area contributed by atoms with E-state index in [0.29, 0.717) is 16.3 Å².